The molecule has 3 rings (SSSR count). The van der Waals surface area contributed by atoms with E-state index in [0.29, 0.717) is 0 Å². The Balaban J connectivity index is 1.67. The second-order valence-corrected chi connectivity index (χ2v) is 9.01. The van der Waals surface area contributed by atoms with Crippen LogP contribution < -0.4 is 0 Å². The Kier molecular flexibility index (Phi) is 7.84. The highest BCUT2D eigenvalue weighted by Gasteiger charge is 2.30. The van der Waals surface area contributed by atoms with E-state index in [1.165, 1.54) is 76.2 Å². The zero-order chi connectivity index (χ0) is 18.2. The van der Waals surface area contributed by atoms with Crippen LogP contribution >= 0.6 is 0 Å². The Morgan fingerprint density at radius 1 is 0.885 bits per heavy atom. The van der Waals surface area contributed by atoms with Gasteiger partial charge in [0.15, 0.2) is 0 Å². The number of hydrogen-bond acceptors (Lipinski definition) is 0. The minimum Gasteiger partial charge on any atom is -0.0885 e. The van der Waals surface area contributed by atoms with Gasteiger partial charge in [-0.05, 0) is 79.7 Å². The molecule has 1 aromatic rings. The first-order chi connectivity index (χ1) is 12.8. The second kappa shape index (κ2) is 10.3. The lowest BCUT2D eigenvalue weighted by atomic mass is 9.69. The van der Waals surface area contributed by atoms with E-state index in [4.69, 9.17) is 0 Å². The van der Waals surface area contributed by atoms with Gasteiger partial charge in [0.2, 0.25) is 0 Å². The van der Waals surface area contributed by atoms with Gasteiger partial charge in [-0.15, -0.1) is 0 Å². The summed E-state index contributed by atoms with van der Waals surface area (Å²) in [4.78, 5) is 0. The zero-order valence-electron chi connectivity index (χ0n) is 17.3. The van der Waals surface area contributed by atoms with Crippen LogP contribution in [-0.4, -0.2) is 0 Å². The molecular weight excluding hydrogens is 312 g/mol. The van der Waals surface area contributed by atoms with Crippen molar-refractivity contribution in [3.8, 4) is 0 Å². The van der Waals surface area contributed by atoms with Gasteiger partial charge < -0.3 is 0 Å². The van der Waals surface area contributed by atoms with Crippen LogP contribution in [0.15, 0.2) is 36.4 Å². The highest BCUT2D eigenvalue weighted by molar-refractivity contribution is 5.26. The molecule has 2 aliphatic rings. The van der Waals surface area contributed by atoms with Gasteiger partial charge in [-0.1, -0.05) is 82.4 Å². The Morgan fingerprint density at radius 2 is 1.65 bits per heavy atom. The fourth-order valence-electron chi connectivity index (χ4n) is 5.40. The summed E-state index contributed by atoms with van der Waals surface area (Å²) in [7, 11) is 0. The molecule has 0 spiro atoms. The Morgan fingerprint density at radius 3 is 2.27 bits per heavy atom. The monoisotopic (exact) mass is 352 g/mol. The number of allylic oxidation sites excluding steroid dienone is 2. The predicted molar refractivity (Wildman–Crippen MR) is 115 cm³/mol. The van der Waals surface area contributed by atoms with E-state index in [1.54, 1.807) is 5.56 Å². The number of unbranched alkanes of at least 4 members (excludes halogenated alkanes) is 1. The molecule has 2 aliphatic carbocycles. The summed E-state index contributed by atoms with van der Waals surface area (Å²) in [6.07, 6.45) is 21.6. The summed E-state index contributed by atoms with van der Waals surface area (Å²) >= 11 is 0. The molecule has 1 saturated carbocycles. The molecule has 2 unspecified atom stereocenters. The molecular formula is C26H40. The van der Waals surface area contributed by atoms with Crippen LogP contribution in [0.1, 0.15) is 102 Å². The SMILES string of the molecule is CCCCC1CCC(C(CC2CC=CCC2)c2ccc(CC)cc2)CC1. The fourth-order valence-corrected chi connectivity index (χ4v) is 5.40. The third-order valence-corrected chi connectivity index (χ3v) is 7.21. The molecule has 0 radical (unpaired) electrons. The van der Waals surface area contributed by atoms with E-state index in [2.05, 4.69) is 50.3 Å². The molecule has 0 aliphatic heterocycles. The highest BCUT2D eigenvalue weighted by atomic mass is 14.3. The van der Waals surface area contributed by atoms with Crippen molar-refractivity contribution in [3.63, 3.8) is 0 Å². The second-order valence-electron chi connectivity index (χ2n) is 9.01. The Bertz CT molecular complexity index is 530. The van der Waals surface area contributed by atoms with E-state index in [-0.39, 0.29) is 0 Å². The maximum Gasteiger partial charge on any atom is -0.0131 e. The van der Waals surface area contributed by atoms with Crippen molar-refractivity contribution in [1.29, 1.82) is 0 Å². The topological polar surface area (TPSA) is 0 Å². The minimum atomic E-state index is 0.796. The van der Waals surface area contributed by atoms with Gasteiger partial charge in [-0.2, -0.15) is 0 Å². The lowest BCUT2D eigenvalue weighted by molar-refractivity contribution is 0.210. The van der Waals surface area contributed by atoms with Crippen LogP contribution in [0.25, 0.3) is 0 Å². The van der Waals surface area contributed by atoms with Crippen LogP contribution in [0.2, 0.25) is 0 Å². The quantitative estimate of drug-likeness (QED) is 0.415. The molecule has 0 nitrogen and oxygen atoms in total. The summed E-state index contributed by atoms with van der Waals surface area (Å²) in [6, 6.07) is 9.70. The molecule has 1 aromatic carbocycles. The first-order valence-electron chi connectivity index (χ1n) is 11.5. The van der Waals surface area contributed by atoms with Crippen molar-refractivity contribution in [3.05, 3.63) is 47.5 Å². The Hall–Kier alpha value is -1.04. The summed E-state index contributed by atoms with van der Waals surface area (Å²) in [5.41, 5.74) is 3.12. The van der Waals surface area contributed by atoms with Gasteiger partial charge in [0.1, 0.15) is 0 Å². The normalized spacial score (nSPS) is 27.4. The van der Waals surface area contributed by atoms with Crippen molar-refractivity contribution in [2.45, 2.75) is 96.8 Å². The summed E-state index contributed by atoms with van der Waals surface area (Å²) < 4.78 is 0. The third kappa shape index (κ3) is 5.48. The van der Waals surface area contributed by atoms with E-state index < -0.39 is 0 Å². The van der Waals surface area contributed by atoms with E-state index in [1.807, 2.05) is 0 Å². The maximum absolute atomic E-state index is 2.46. The highest BCUT2D eigenvalue weighted by Crippen LogP contribution is 2.44. The number of hydrogen-bond donors (Lipinski definition) is 0. The minimum absolute atomic E-state index is 0.796. The number of aryl methyl sites for hydroxylation is 1. The fraction of sp³-hybridized carbons (Fsp3) is 0.692. The average Bonchev–Trinajstić information content (AvgIpc) is 2.72. The van der Waals surface area contributed by atoms with E-state index in [0.717, 1.165) is 30.1 Å². The first kappa shape index (κ1) is 19.7. The van der Waals surface area contributed by atoms with Gasteiger partial charge in [0, 0.05) is 0 Å². The van der Waals surface area contributed by atoms with Crippen LogP contribution in [0.4, 0.5) is 0 Å². The van der Waals surface area contributed by atoms with Gasteiger partial charge in [-0.25, -0.2) is 0 Å². The van der Waals surface area contributed by atoms with Crippen molar-refractivity contribution < 1.29 is 0 Å². The molecule has 0 bridgehead atoms. The lowest BCUT2D eigenvalue weighted by Gasteiger charge is -2.36. The lowest BCUT2D eigenvalue weighted by Crippen LogP contribution is -2.23. The van der Waals surface area contributed by atoms with E-state index >= 15 is 0 Å². The molecule has 0 heterocycles. The molecule has 0 saturated heterocycles. The number of benzene rings is 1. The molecule has 144 valence electrons. The number of rotatable bonds is 8. The molecule has 26 heavy (non-hydrogen) atoms. The van der Waals surface area contributed by atoms with Crippen molar-refractivity contribution in [2.24, 2.45) is 17.8 Å². The summed E-state index contributed by atoms with van der Waals surface area (Å²) in [6.45, 7) is 4.60. The van der Waals surface area contributed by atoms with Gasteiger partial charge in [-0.3, -0.25) is 0 Å². The summed E-state index contributed by atoms with van der Waals surface area (Å²) in [5.74, 6) is 3.65. The Labute approximate surface area is 162 Å². The van der Waals surface area contributed by atoms with Crippen LogP contribution in [0.5, 0.6) is 0 Å². The van der Waals surface area contributed by atoms with Gasteiger partial charge >= 0.3 is 0 Å². The van der Waals surface area contributed by atoms with Crippen molar-refractivity contribution in [2.75, 3.05) is 0 Å². The van der Waals surface area contributed by atoms with Gasteiger partial charge in [0.25, 0.3) is 0 Å². The molecule has 0 heteroatoms. The zero-order valence-corrected chi connectivity index (χ0v) is 17.3. The first-order valence-corrected chi connectivity index (χ1v) is 11.5. The molecule has 0 amide bonds. The van der Waals surface area contributed by atoms with Crippen molar-refractivity contribution >= 4 is 0 Å². The molecule has 2 atom stereocenters. The van der Waals surface area contributed by atoms with Gasteiger partial charge in [0.05, 0.1) is 0 Å². The standard InChI is InChI=1S/C26H40/c1-3-5-9-22-14-18-25(19-15-22)26(20-23-10-7-6-8-11-23)24-16-12-21(4-2)13-17-24/h6-7,12-13,16-17,22-23,25-26H,3-5,8-11,14-15,18-20H2,1-2H3. The van der Waals surface area contributed by atoms with Crippen LogP contribution in [-0.2, 0) is 6.42 Å². The smallest absolute Gasteiger partial charge is 0.0131 e. The third-order valence-electron chi connectivity index (χ3n) is 7.21. The maximum atomic E-state index is 2.46. The van der Waals surface area contributed by atoms with Crippen LogP contribution in [0, 0.1) is 17.8 Å². The van der Waals surface area contributed by atoms with Crippen molar-refractivity contribution in [1.82, 2.24) is 0 Å². The average molecular weight is 353 g/mol. The van der Waals surface area contributed by atoms with Crippen LogP contribution in [0.3, 0.4) is 0 Å². The van der Waals surface area contributed by atoms with E-state index in [9.17, 15) is 0 Å². The molecule has 1 fully saturated rings. The predicted octanol–water partition coefficient (Wildman–Crippen LogP) is 8.08. The molecule has 0 aromatic heterocycles. The summed E-state index contributed by atoms with van der Waals surface area (Å²) in [5, 5.41) is 0. The largest absolute Gasteiger partial charge is 0.0885 e. The molecule has 0 N–H and O–H groups in total.